The van der Waals surface area contributed by atoms with Gasteiger partial charge in [0.15, 0.2) is 11.2 Å². The third kappa shape index (κ3) is 1.87. The fraction of sp³-hybridized carbons (Fsp3) is 0.353. The van der Waals surface area contributed by atoms with Gasteiger partial charge in [-0.2, -0.15) is 4.98 Å². The summed E-state index contributed by atoms with van der Waals surface area (Å²) in [4.78, 5) is 28.9. The molecule has 0 N–H and O–H groups in total. The molecule has 0 saturated heterocycles. The molecule has 1 aliphatic heterocycles. The van der Waals surface area contributed by atoms with E-state index in [-0.39, 0.29) is 11.2 Å². The number of fused-ring (bicyclic) bond motifs is 3. The summed E-state index contributed by atoms with van der Waals surface area (Å²) in [6, 6.07) is 10.3. The van der Waals surface area contributed by atoms with Gasteiger partial charge in [-0.3, -0.25) is 18.5 Å². The molecule has 0 radical (unpaired) electrons. The number of rotatable bonds is 1. The lowest BCUT2D eigenvalue weighted by Crippen LogP contribution is -2.38. The van der Waals surface area contributed by atoms with Crippen LogP contribution in [0.4, 0.5) is 0 Å². The molecular weight excluding hydrogens is 308 g/mol. The van der Waals surface area contributed by atoms with Crippen molar-refractivity contribution in [3.8, 4) is 6.01 Å². The molecule has 1 unspecified atom stereocenters. The van der Waals surface area contributed by atoms with Crippen LogP contribution >= 0.6 is 0 Å². The van der Waals surface area contributed by atoms with Crippen LogP contribution in [-0.4, -0.2) is 18.7 Å². The van der Waals surface area contributed by atoms with Crippen LogP contribution in [0.2, 0.25) is 0 Å². The molecule has 7 heteroatoms. The van der Waals surface area contributed by atoms with Crippen LogP contribution in [0, 0.1) is 0 Å². The Morgan fingerprint density at radius 3 is 2.54 bits per heavy atom. The number of benzene rings is 1. The van der Waals surface area contributed by atoms with Crippen LogP contribution in [0.15, 0.2) is 39.9 Å². The first-order valence-corrected chi connectivity index (χ1v) is 7.83. The van der Waals surface area contributed by atoms with Crippen molar-refractivity contribution in [3.05, 3.63) is 56.7 Å². The Morgan fingerprint density at radius 1 is 1.12 bits per heavy atom. The summed E-state index contributed by atoms with van der Waals surface area (Å²) < 4.78 is 10.5. The van der Waals surface area contributed by atoms with E-state index in [1.54, 1.807) is 7.05 Å². The van der Waals surface area contributed by atoms with Gasteiger partial charge in [0.1, 0.15) is 5.60 Å². The SMILES string of the molecule is Cn1c(=O)c2nc3n(c2n(C)c1=O)CCC(C)(c1ccccc1)O3. The first kappa shape index (κ1) is 14.7. The minimum atomic E-state index is -0.511. The molecule has 3 heterocycles. The predicted octanol–water partition coefficient (Wildman–Crippen LogP) is 1.13. The van der Waals surface area contributed by atoms with Crippen molar-refractivity contribution in [1.29, 1.82) is 0 Å². The smallest absolute Gasteiger partial charge is 0.332 e. The van der Waals surface area contributed by atoms with Gasteiger partial charge < -0.3 is 4.74 Å². The van der Waals surface area contributed by atoms with Crippen molar-refractivity contribution < 1.29 is 4.74 Å². The van der Waals surface area contributed by atoms with E-state index in [0.717, 1.165) is 16.6 Å². The monoisotopic (exact) mass is 326 g/mol. The fourth-order valence-corrected chi connectivity index (χ4v) is 3.32. The number of aromatic nitrogens is 4. The van der Waals surface area contributed by atoms with Crippen molar-refractivity contribution in [1.82, 2.24) is 18.7 Å². The second-order valence-corrected chi connectivity index (χ2v) is 6.37. The molecule has 24 heavy (non-hydrogen) atoms. The Labute approximate surface area is 137 Å². The molecule has 0 fully saturated rings. The normalized spacial score (nSPS) is 20.0. The van der Waals surface area contributed by atoms with Crippen molar-refractivity contribution in [2.75, 3.05) is 0 Å². The Kier molecular flexibility index (Phi) is 2.97. The maximum Gasteiger partial charge on any atom is 0.332 e. The quantitative estimate of drug-likeness (QED) is 0.672. The molecule has 1 aliphatic rings. The summed E-state index contributed by atoms with van der Waals surface area (Å²) in [5.74, 6) is 0. The van der Waals surface area contributed by atoms with E-state index >= 15 is 0 Å². The molecule has 1 aromatic carbocycles. The Bertz CT molecular complexity index is 1060. The molecule has 1 atom stereocenters. The highest BCUT2D eigenvalue weighted by atomic mass is 16.5. The van der Waals surface area contributed by atoms with Crippen LogP contribution in [0.25, 0.3) is 11.2 Å². The van der Waals surface area contributed by atoms with E-state index in [1.165, 1.54) is 11.6 Å². The molecule has 0 amide bonds. The van der Waals surface area contributed by atoms with Crippen LogP contribution in [0.3, 0.4) is 0 Å². The number of hydrogen-bond acceptors (Lipinski definition) is 4. The predicted molar refractivity (Wildman–Crippen MR) is 89.3 cm³/mol. The molecule has 4 rings (SSSR count). The molecule has 3 aromatic rings. The molecule has 124 valence electrons. The van der Waals surface area contributed by atoms with Crippen molar-refractivity contribution >= 4 is 11.2 Å². The lowest BCUT2D eigenvalue weighted by molar-refractivity contribution is 0.0325. The molecule has 2 aromatic heterocycles. The molecule has 0 bridgehead atoms. The number of hydrogen-bond donors (Lipinski definition) is 0. The minimum absolute atomic E-state index is 0.256. The topological polar surface area (TPSA) is 71.0 Å². The van der Waals surface area contributed by atoms with E-state index in [0.29, 0.717) is 18.2 Å². The highest BCUT2D eigenvalue weighted by molar-refractivity contribution is 5.72. The molecule has 7 nitrogen and oxygen atoms in total. The van der Waals surface area contributed by atoms with E-state index in [4.69, 9.17) is 4.74 Å². The number of nitrogens with zero attached hydrogens (tertiary/aromatic N) is 4. The zero-order valence-corrected chi connectivity index (χ0v) is 13.8. The highest BCUT2D eigenvalue weighted by Crippen LogP contribution is 2.36. The number of aryl methyl sites for hydroxylation is 2. The summed E-state index contributed by atoms with van der Waals surface area (Å²) in [5.41, 5.74) is 0.541. The van der Waals surface area contributed by atoms with E-state index < -0.39 is 11.2 Å². The van der Waals surface area contributed by atoms with Gasteiger partial charge in [0.25, 0.3) is 11.6 Å². The lowest BCUT2D eigenvalue weighted by atomic mass is 9.91. The van der Waals surface area contributed by atoms with Crippen molar-refractivity contribution in [3.63, 3.8) is 0 Å². The van der Waals surface area contributed by atoms with E-state index in [9.17, 15) is 9.59 Å². The summed E-state index contributed by atoms with van der Waals surface area (Å²) >= 11 is 0. The zero-order valence-electron chi connectivity index (χ0n) is 13.8. The second-order valence-electron chi connectivity index (χ2n) is 6.37. The van der Waals surface area contributed by atoms with E-state index in [1.807, 2.05) is 41.8 Å². The third-order valence-electron chi connectivity index (χ3n) is 4.82. The zero-order chi connectivity index (χ0) is 17.1. The van der Waals surface area contributed by atoms with Crippen LogP contribution in [0.1, 0.15) is 18.9 Å². The first-order valence-electron chi connectivity index (χ1n) is 7.83. The number of ether oxygens (including phenoxy) is 1. The molecular formula is C17H18N4O3. The molecule has 0 aliphatic carbocycles. The van der Waals surface area contributed by atoms with Gasteiger partial charge in [0.05, 0.1) is 0 Å². The Hall–Kier alpha value is -2.83. The van der Waals surface area contributed by atoms with Crippen LogP contribution in [-0.2, 0) is 26.2 Å². The summed E-state index contributed by atoms with van der Waals surface area (Å²) in [5, 5.41) is 0. The molecule has 0 spiro atoms. The average Bonchev–Trinajstić information content (AvgIpc) is 2.97. The maximum absolute atomic E-state index is 12.4. The van der Waals surface area contributed by atoms with E-state index in [2.05, 4.69) is 4.98 Å². The first-order chi connectivity index (χ1) is 11.4. The lowest BCUT2D eigenvalue weighted by Gasteiger charge is -2.35. The second kappa shape index (κ2) is 4.83. The standard InChI is InChI=1S/C17H18N4O3/c1-17(11-7-5-4-6-8-11)9-10-21-13-12(18-15(21)24-17)14(22)20(3)16(23)19(13)2/h4-8H,9-10H2,1-3H3. The van der Waals surface area contributed by atoms with Gasteiger partial charge in [-0.05, 0) is 12.5 Å². The van der Waals surface area contributed by atoms with Crippen LogP contribution in [0.5, 0.6) is 6.01 Å². The van der Waals surface area contributed by atoms with Crippen molar-refractivity contribution in [2.45, 2.75) is 25.5 Å². The van der Waals surface area contributed by atoms with Gasteiger partial charge in [0, 0.05) is 27.1 Å². The Balaban J connectivity index is 1.93. The minimum Gasteiger partial charge on any atom is -0.453 e. The summed E-state index contributed by atoms with van der Waals surface area (Å²) in [7, 11) is 3.10. The largest absolute Gasteiger partial charge is 0.453 e. The Morgan fingerprint density at radius 2 is 1.83 bits per heavy atom. The fourth-order valence-electron chi connectivity index (χ4n) is 3.32. The average molecular weight is 326 g/mol. The van der Waals surface area contributed by atoms with Gasteiger partial charge in [-0.25, -0.2) is 4.79 Å². The van der Waals surface area contributed by atoms with Gasteiger partial charge in [-0.1, -0.05) is 30.3 Å². The van der Waals surface area contributed by atoms with Crippen LogP contribution < -0.4 is 16.0 Å². The van der Waals surface area contributed by atoms with Gasteiger partial charge in [-0.15, -0.1) is 0 Å². The summed E-state index contributed by atoms with van der Waals surface area (Å²) in [6.45, 7) is 2.64. The highest BCUT2D eigenvalue weighted by Gasteiger charge is 2.36. The summed E-state index contributed by atoms with van der Waals surface area (Å²) in [6.07, 6.45) is 0.721. The maximum atomic E-state index is 12.4. The molecule has 0 saturated carbocycles. The van der Waals surface area contributed by atoms with Gasteiger partial charge >= 0.3 is 5.69 Å². The third-order valence-corrected chi connectivity index (χ3v) is 4.82. The van der Waals surface area contributed by atoms with Crippen molar-refractivity contribution in [2.24, 2.45) is 14.1 Å². The van der Waals surface area contributed by atoms with Gasteiger partial charge in [0.2, 0.25) is 0 Å². The number of imidazole rings is 1.